The second-order valence-corrected chi connectivity index (χ2v) is 6.46. The van der Waals surface area contributed by atoms with E-state index >= 15 is 0 Å². The van der Waals surface area contributed by atoms with Crippen molar-refractivity contribution in [1.82, 2.24) is 5.32 Å². The molecule has 0 aromatic heterocycles. The van der Waals surface area contributed by atoms with Crippen molar-refractivity contribution in [2.45, 2.75) is 51.5 Å². The quantitative estimate of drug-likeness (QED) is 0.626. The van der Waals surface area contributed by atoms with Gasteiger partial charge in [-0.25, -0.2) is 0 Å². The monoisotopic (exact) mass is 352 g/mol. The Morgan fingerprint density at radius 3 is 2.23 bits per heavy atom. The summed E-state index contributed by atoms with van der Waals surface area (Å²) in [7, 11) is 0. The van der Waals surface area contributed by atoms with Gasteiger partial charge in [0.25, 0.3) is 0 Å². The number of unbranched alkanes of at least 4 members (excludes halogenated alkanes) is 2. The molecule has 0 radical (unpaired) electrons. The standard InChI is InChI=1S/C22H28N2O2/c1-2-3-6-15-21(25)24-20(17-16-18-11-7-4-8-12-18)22(26)23-19-13-9-5-10-14-19/h4-5,7-14,20H,2-3,6,15-17H2,1H3,(H,23,26)(H,24,25)/t20-/m0/s1. The summed E-state index contributed by atoms with van der Waals surface area (Å²) in [5, 5.41) is 5.81. The van der Waals surface area contributed by atoms with E-state index in [1.165, 1.54) is 0 Å². The van der Waals surface area contributed by atoms with Crippen LogP contribution in [0.2, 0.25) is 0 Å². The predicted octanol–water partition coefficient (Wildman–Crippen LogP) is 4.32. The zero-order valence-electron chi connectivity index (χ0n) is 15.4. The Balaban J connectivity index is 1.97. The molecule has 0 bridgehead atoms. The van der Waals surface area contributed by atoms with Crippen LogP contribution in [0.15, 0.2) is 60.7 Å². The normalized spacial score (nSPS) is 11.6. The molecule has 0 aliphatic rings. The lowest BCUT2D eigenvalue weighted by molar-refractivity contribution is -0.126. The molecule has 2 N–H and O–H groups in total. The maximum Gasteiger partial charge on any atom is 0.246 e. The van der Waals surface area contributed by atoms with Crippen LogP contribution >= 0.6 is 0 Å². The lowest BCUT2D eigenvalue weighted by Crippen LogP contribution is -2.44. The average molecular weight is 352 g/mol. The molecular formula is C22H28N2O2. The fraction of sp³-hybridized carbons (Fsp3) is 0.364. The van der Waals surface area contributed by atoms with Gasteiger partial charge in [-0.15, -0.1) is 0 Å². The van der Waals surface area contributed by atoms with Crippen LogP contribution in [-0.2, 0) is 16.0 Å². The summed E-state index contributed by atoms with van der Waals surface area (Å²) in [5.74, 6) is -0.226. The average Bonchev–Trinajstić information content (AvgIpc) is 2.67. The van der Waals surface area contributed by atoms with Crippen LogP contribution in [0.4, 0.5) is 5.69 Å². The second-order valence-electron chi connectivity index (χ2n) is 6.46. The van der Waals surface area contributed by atoms with Gasteiger partial charge in [-0.2, -0.15) is 0 Å². The second kappa shape index (κ2) is 11.1. The largest absolute Gasteiger partial charge is 0.344 e. The molecule has 138 valence electrons. The first-order valence-corrected chi connectivity index (χ1v) is 9.38. The third-order valence-corrected chi connectivity index (χ3v) is 4.26. The zero-order chi connectivity index (χ0) is 18.6. The molecule has 0 aliphatic carbocycles. The van der Waals surface area contributed by atoms with Gasteiger partial charge in [0.2, 0.25) is 11.8 Å². The summed E-state index contributed by atoms with van der Waals surface area (Å²) in [6.45, 7) is 2.11. The van der Waals surface area contributed by atoms with Crippen LogP contribution in [0.3, 0.4) is 0 Å². The molecule has 0 aliphatic heterocycles. The van der Waals surface area contributed by atoms with E-state index in [4.69, 9.17) is 0 Å². The van der Waals surface area contributed by atoms with Gasteiger partial charge in [0.05, 0.1) is 0 Å². The Hall–Kier alpha value is -2.62. The Kier molecular flexibility index (Phi) is 8.40. The van der Waals surface area contributed by atoms with E-state index < -0.39 is 6.04 Å². The number of rotatable bonds is 10. The van der Waals surface area contributed by atoms with Crippen molar-refractivity contribution in [3.8, 4) is 0 Å². The van der Waals surface area contributed by atoms with E-state index in [2.05, 4.69) is 17.6 Å². The van der Waals surface area contributed by atoms with Crippen LogP contribution in [0.5, 0.6) is 0 Å². The summed E-state index contributed by atoms with van der Waals surface area (Å²) in [4.78, 5) is 24.9. The van der Waals surface area contributed by atoms with Crippen LogP contribution < -0.4 is 10.6 Å². The maximum atomic E-state index is 12.7. The van der Waals surface area contributed by atoms with E-state index in [0.717, 1.165) is 36.9 Å². The summed E-state index contributed by atoms with van der Waals surface area (Å²) in [5.41, 5.74) is 1.90. The van der Waals surface area contributed by atoms with E-state index in [1.807, 2.05) is 60.7 Å². The molecule has 2 aromatic carbocycles. The first-order chi connectivity index (χ1) is 12.7. The Bertz CT molecular complexity index is 671. The van der Waals surface area contributed by atoms with Crippen molar-refractivity contribution in [1.29, 1.82) is 0 Å². The summed E-state index contributed by atoms with van der Waals surface area (Å²) in [6.07, 6.45) is 4.73. The van der Waals surface area contributed by atoms with Crippen molar-refractivity contribution in [2.24, 2.45) is 0 Å². The summed E-state index contributed by atoms with van der Waals surface area (Å²) < 4.78 is 0. The van der Waals surface area contributed by atoms with Gasteiger partial charge < -0.3 is 10.6 Å². The number of nitrogens with one attached hydrogen (secondary N) is 2. The molecule has 2 rings (SSSR count). The molecule has 0 saturated heterocycles. The van der Waals surface area contributed by atoms with Crippen molar-refractivity contribution in [3.63, 3.8) is 0 Å². The number of amides is 2. The van der Waals surface area contributed by atoms with Gasteiger partial charge in [0, 0.05) is 12.1 Å². The van der Waals surface area contributed by atoms with Crippen molar-refractivity contribution in [2.75, 3.05) is 5.32 Å². The number of hydrogen-bond donors (Lipinski definition) is 2. The molecule has 0 unspecified atom stereocenters. The Morgan fingerprint density at radius 2 is 1.58 bits per heavy atom. The van der Waals surface area contributed by atoms with Crippen LogP contribution in [0.1, 0.15) is 44.6 Å². The van der Waals surface area contributed by atoms with E-state index in [-0.39, 0.29) is 11.8 Å². The molecular weight excluding hydrogens is 324 g/mol. The minimum Gasteiger partial charge on any atom is -0.344 e. The first-order valence-electron chi connectivity index (χ1n) is 9.38. The highest BCUT2D eigenvalue weighted by atomic mass is 16.2. The van der Waals surface area contributed by atoms with E-state index in [9.17, 15) is 9.59 Å². The summed E-state index contributed by atoms with van der Waals surface area (Å²) in [6, 6.07) is 18.8. The van der Waals surface area contributed by atoms with E-state index in [0.29, 0.717) is 12.8 Å². The van der Waals surface area contributed by atoms with Gasteiger partial charge in [0.15, 0.2) is 0 Å². The van der Waals surface area contributed by atoms with Crippen molar-refractivity contribution >= 4 is 17.5 Å². The fourth-order valence-corrected chi connectivity index (χ4v) is 2.78. The highest BCUT2D eigenvalue weighted by Crippen LogP contribution is 2.10. The van der Waals surface area contributed by atoms with Gasteiger partial charge >= 0.3 is 0 Å². The highest BCUT2D eigenvalue weighted by Gasteiger charge is 2.20. The number of para-hydroxylation sites is 1. The maximum absolute atomic E-state index is 12.7. The predicted molar refractivity (Wildman–Crippen MR) is 106 cm³/mol. The van der Waals surface area contributed by atoms with Crippen molar-refractivity contribution in [3.05, 3.63) is 66.2 Å². The number of hydrogen-bond acceptors (Lipinski definition) is 2. The van der Waals surface area contributed by atoms with E-state index in [1.54, 1.807) is 0 Å². The minimum absolute atomic E-state index is 0.0558. The number of benzene rings is 2. The number of carbonyl (C=O) groups excluding carboxylic acids is 2. The first kappa shape index (κ1) is 19.7. The molecule has 0 heterocycles. The third-order valence-electron chi connectivity index (χ3n) is 4.26. The van der Waals surface area contributed by atoms with Gasteiger partial charge in [-0.1, -0.05) is 68.3 Å². The smallest absolute Gasteiger partial charge is 0.246 e. The molecule has 1 atom stereocenters. The van der Waals surface area contributed by atoms with Gasteiger partial charge in [-0.3, -0.25) is 9.59 Å². The van der Waals surface area contributed by atoms with Crippen LogP contribution in [0.25, 0.3) is 0 Å². The van der Waals surface area contributed by atoms with Gasteiger partial charge in [-0.05, 0) is 37.0 Å². The van der Waals surface area contributed by atoms with Crippen molar-refractivity contribution < 1.29 is 9.59 Å². The minimum atomic E-state index is -0.537. The Morgan fingerprint density at radius 1 is 0.923 bits per heavy atom. The molecule has 0 fully saturated rings. The van der Waals surface area contributed by atoms with Crippen LogP contribution in [0, 0.1) is 0 Å². The summed E-state index contributed by atoms with van der Waals surface area (Å²) >= 11 is 0. The molecule has 2 aromatic rings. The third kappa shape index (κ3) is 7.09. The lowest BCUT2D eigenvalue weighted by Gasteiger charge is -2.19. The Labute approximate surface area is 156 Å². The SMILES string of the molecule is CCCCCC(=O)N[C@@H](CCc1ccccc1)C(=O)Nc1ccccc1. The topological polar surface area (TPSA) is 58.2 Å². The molecule has 2 amide bonds. The van der Waals surface area contributed by atoms with Gasteiger partial charge in [0.1, 0.15) is 6.04 Å². The number of anilines is 1. The van der Waals surface area contributed by atoms with Crippen LogP contribution in [-0.4, -0.2) is 17.9 Å². The molecule has 4 nitrogen and oxygen atoms in total. The molecule has 4 heteroatoms. The molecule has 0 spiro atoms. The lowest BCUT2D eigenvalue weighted by atomic mass is 10.0. The zero-order valence-corrected chi connectivity index (χ0v) is 15.4. The molecule has 0 saturated carbocycles. The highest BCUT2D eigenvalue weighted by molar-refractivity contribution is 5.97. The molecule has 26 heavy (non-hydrogen) atoms. The number of aryl methyl sites for hydroxylation is 1. The fourth-order valence-electron chi connectivity index (χ4n) is 2.78. The number of carbonyl (C=O) groups is 2.